The predicted molar refractivity (Wildman–Crippen MR) is 130 cm³/mol. The second kappa shape index (κ2) is 9.74. The van der Waals surface area contributed by atoms with E-state index in [1.54, 1.807) is 38.1 Å². The van der Waals surface area contributed by atoms with Crippen LogP contribution in [0.25, 0.3) is 0 Å². The first-order valence-corrected chi connectivity index (χ1v) is 12.7. The number of carbonyl (C=O) groups is 2. The summed E-state index contributed by atoms with van der Waals surface area (Å²) in [5, 5.41) is 5.58. The first-order valence-electron chi connectivity index (χ1n) is 11.3. The van der Waals surface area contributed by atoms with Gasteiger partial charge in [0, 0.05) is 43.0 Å². The first-order chi connectivity index (χ1) is 16.6. The van der Waals surface area contributed by atoms with Crippen LogP contribution in [0, 0.1) is 12.8 Å². The molecule has 35 heavy (non-hydrogen) atoms. The molecule has 1 saturated heterocycles. The molecule has 0 aromatic heterocycles. The Kier molecular flexibility index (Phi) is 6.91. The van der Waals surface area contributed by atoms with Crippen LogP contribution < -0.4 is 24.8 Å². The molecule has 2 amide bonds. The number of anilines is 2. The first kappa shape index (κ1) is 24.8. The van der Waals surface area contributed by atoms with Gasteiger partial charge in [-0.25, -0.2) is 8.42 Å². The monoisotopic (exact) mass is 503 g/mol. The van der Waals surface area contributed by atoms with E-state index in [2.05, 4.69) is 10.6 Å². The zero-order valence-electron chi connectivity index (χ0n) is 20.1. The van der Waals surface area contributed by atoms with Crippen LogP contribution in [0.5, 0.6) is 17.2 Å². The molecule has 0 aliphatic carbocycles. The van der Waals surface area contributed by atoms with Gasteiger partial charge in [0.25, 0.3) is 5.91 Å². The average Bonchev–Trinajstić information content (AvgIpc) is 2.84. The van der Waals surface area contributed by atoms with Gasteiger partial charge in [-0.05, 0) is 38.3 Å². The summed E-state index contributed by atoms with van der Waals surface area (Å²) >= 11 is 0. The quantitative estimate of drug-likeness (QED) is 0.621. The summed E-state index contributed by atoms with van der Waals surface area (Å²) < 4.78 is 44.5. The van der Waals surface area contributed by atoms with E-state index in [0.717, 1.165) is 0 Å². The van der Waals surface area contributed by atoms with Crippen LogP contribution in [0.2, 0.25) is 0 Å². The van der Waals surface area contributed by atoms with E-state index in [0.29, 0.717) is 53.6 Å². The molecule has 0 bridgehead atoms. The normalized spacial score (nSPS) is 20.3. The highest BCUT2D eigenvalue weighted by Gasteiger charge is 2.35. The van der Waals surface area contributed by atoms with Crippen molar-refractivity contribution in [1.29, 1.82) is 0 Å². The zero-order chi connectivity index (χ0) is 25.3. The van der Waals surface area contributed by atoms with E-state index < -0.39 is 22.0 Å². The zero-order valence-corrected chi connectivity index (χ0v) is 20.9. The van der Waals surface area contributed by atoms with Crippen LogP contribution in [-0.4, -0.2) is 58.0 Å². The number of nitrogens with one attached hydrogen (secondary N) is 2. The maximum atomic E-state index is 13.6. The molecule has 11 heteroatoms. The fraction of sp³-hybridized carbons (Fsp3) is 0.417. The molecule has 4 rings (SSSR count). The summed E-state index contributed by atoms with van der Waals surface area (Å²) in [5.74, 6) is 0.281. The number of benzene rings is 2. The summed E-state index contributed by atoms with van der Waals surface area (Å²) in [6, 6.07) is 8.09. The number of hydrogen-bond acceptors (Lipinski definition) is 7. The van der Waals surface area contributed by atoms with E-state index in [1.165, 1.54) is 24.6 Å². The third kappa shape index (κ3) is 5.06. The summed E-state index contributed by atoms with van der Waals surface area (Å²) in [5.41, 5.74) is 1.43. The highest BCUT2D eigenvalue weighted by molar-refractivity contribution is 7.89. The van der Waals surface area contributed by atoms with Crippen LogP contribution in [0.1, 0.15) is 25.3 Å². The number of amides is 2. The van der Waals surface area contributed by atoms with Crippen molar-refractivity contribution in [1.82, 2.24) is 4.31 Å². The molecule has 2 heterocycles. The number of methoxy groups -OCH3 is 2. The highest BCUT2D eigenvalue weighted by atomic mass is 32.2. The summed E-state index contributed by atoms with van der Waals surface area (Å²) in [7, 11) is -0.856. The van der Waals surface area contributed by atoms with Gasteiger partial charge in [-0.15, -0.1) is 0 Å². The number of nitrogens with zero attached hydrogens (tertiary/aromatic N) is 1. The van der Waals surface area contributed by atoms with Crippen LogP contribution in [0.4, 0.5) is 11.4 Å². The smallest absolute Gasteiger partial charge is 0.265 e. The molecule has 2 aliphatic heterocycles. The Labute approximate surface area is 204 Å². The van der Waals surface area contributed by atoms with E-state index in [-0.39, 0.29) is 23.3 Å². The maximum absolute atomic E-state index is 13.6. The topological polar surface area (TPSA) is 123 Å². The lowest BCUT2D eigenvalue weighted by molar-refractivity contribution is -0.123. The number of piperidine rings is 1. The van der Waals surface area contributed by atoms with Crippen molar-refractivity contribution in [3.05, 3.63) is 35.9 Å². The van der Waals surface area contributed by atoms with Crippen molar-refractivity contribution in [2.45, 2.75) is 37.7 Å². The Balaban J connectivity index is 1.53. The molecular formula is C24H29N3O7S. The largest absolute Gasteiger partial charge is 0.497 e. The Bertz CT molecular complexity index is 1240. The minimum Gasteiger partial charge on any atom is -0.497 e. The lowest BCUT2D eigenvalue weighted by atomic mass is 9.98. The van der Waals surface area contributed by atoms with Crippen LogP contribution in [-0.2, 0) is 19.6 Å². The molecule has 2 aliphatic rings. The number of rotatable bonds is 6. The molecule has 2 atom stereocenters. The molecule has 1 fully saturated rings. The SMILES string of the molecule is COc1cc(NC(=O)[C@@H]2CCCN(S(=O)(=O)c3cc4c(cc3C)NC(=O)[C@H](C)O4)C2)cc(OC)c1. The van der Waals surface area contributed by atoms with Gasteiger partial charge in [-0.3, -0.25) is 9.59 Å². The number of sulfonamides is 1. The molecule has 2 aromatic carbocycles. The van der Waals surface area contributed by atoms with Crippen LogP contribution in [0.15, 0.2) is 35.2 Å². The van der Waals surface area contributed by atoms with Gasteiger partial charge in [0.2, 0.25) is 15.9 Å². The Morgan fingerprint density at radius 3 is 2.49 bits per heavy atom. The predicted octanol–water partition coefficient (Wildman–Crippen LogP) is 2.77. The fourth-order valence-electron chi connectivity index (χ4n) is 4.26. The van der Waals surface area contributed by atoms with Crippen molar-refractivity contribution in [3.63, 3.8) is 0 Å². The number of ether oxygens (including phenoxy) is 3. The minimum absolute atomic E-state index is 0.0553. The lowest BCUT2D eigenvalue weighted by Crippen LogP contribution is -2.44. The molecule has 0 radical (unpaired) electrons. The van der Waals surface area contributed by atoms with Gasteiger partial charge >= 0.3 is 0 Å². The summed E-state index contributed by atoms with van der Waals surface area (Å²) in [6.45, 7) is 3.63. The van der Waals surface area contributed by atoms with Gasteiger partial charge in [0.1, 0.15) is 17.2 Å². The minimum atomic E-state index is -3.90. The number of hydrogen-bond donors (Lipinski definition) is 2. The molecule has 2 aromatic rings. The summed E-state index contributed by atoms with van der Waals surface area (Å²) in [4.78, 5) is 25.0. The third-order valence-electron chi connectivity index (χ3n) is 6.20. The van der Waals surface area contributed by atoms with Crippen molar-refractivity contribution in [3.8, 4) is 17.2 Å². The molecule has 188 valence electrons. The van der Waals surface area contributed by atoms with Crippen LogP contribution >= 0.6 is 0 Å². The van der Waals surface area contributed by atoms with E-state index in [1.807, 2.05) is 0 Å². The Morgan fingerprint density at radius 1 is 1.14 bits per heavy atom. The lowest BCUT2D eigenvalue weighted by Gasteiger charge is -2.32. The van der Waals surface area contributed by atoms with Crippen molar-refractivity contribution < 1.29 is 32.2 Å². The second-order valence-electron chi connectivity index (χ2n) is 8.66. The Morgan fingerprint density at radius 2 is 1.83 bits per heavy atom. The molecule has 0 saturated carbocycles. The standard InChI is InChI=1S/C24H29N3O7S/c1-14-8-20-21(34-15(2)23(28)26-20)12-22(14)35(30,31)27-7-5-6-16(13-27)24(29)25-17-9-18(32-3)11-19(10-17)33-4/h8-12,15-16H,5-7,13H2,1-4H3,(H,25,29)(H,26,28)/t15-,16+/m0/s1. The average molecular weight is 504 g/mol. The van der Waals surface area contributed by atoms with Crippen molar-refractivity contribution >= 4 is 33.2 Å². The second-order valence-corrected chi connectivity index (χ2v) is 10.6. The molecule has 0 spiro atoms. The van der Waals surface area contributed by atoms with Gasteiger partial charge in [0.15, 0.2) is 6.10 Å². The van der Waals surface area contributed by atoms with Gasteiger partial charge in [-0.2, -0.15) is 4.31 Å². The van der Waals surface area contributed by atoms with Crippen molar-refractivity contribution in [2.24, 2.45) is 5.92 Å². The third-order valence-corrected chi connectivity index (χ3v) is 8.21. The van der Waals surface area contributed by atoms with Crippen LogP contribution in [0.3, 0.4) is 0 Å². The van der Waals surface area contributed by atoms with E-state index in [9.17, 15) is 18.0 Å². The molecule has 10 nitrogen and oxygen atoms in total. The fourth-order valence-corrected chi connectivity index (χ4v) is 6.00. The van der Waals surface area contributed by atoms with Gasteiger partial charge < -0.3 is 24.8 Å². The van der Waals surface area contributed by atoms with Gasteiger partial charge in [0.05, 0.1) is 30.7 Å². The van der Waals surface area contributed by atoms with E-state index >= 15 is 0 Å². The summed E-state index contributed by atoms with van der Waals surface area (Å²) in [6.07, 6.45) is 0.389. The maximum Gasteiger partial charge on any atom is 0.265 e. The highest BCUT2D eigenvalue weighted by Crippen LogP contribution is 2.36. The molecule has 2 N–H and O–H groups in total. The van der Waals surface area contributed by atoms with E-state index in [4.69, 9.17) is 14.2 Å². The Hall–Kier alpha value is -3.31. The number of fused-ring (bicyclic) bond motifs is 1. The number of carbonyl (C=O) groups excluding carboxylic acids is 2. The van der Waals surface area contributed by atoms with Gasteiger partial charge in [-0.1, -0.05) is 0 Å². The molecule has 0 unspecified atom stereocenters. The number of aryl methyl sites for hydroxylation is 1. The molecular weight excluding hydrogens is 474 g/mol. The van der Waals surface area contributed by atoms with Crippen molar-refractivity contribution in [2.75, 3.05) is 37.9 Å².